The summed E-state index contributed by atoms with van der Waals surface area (Å²) >= 11 is 6.64. The smallest absolute Gasteiger partial charge is 0.240 e. The van der Waals surface area contributed by atoms with Gasteiger partial charge < -0.3 is 5.32 Å². The molecule has 108 valence electrons. The number of likely N-dealkylation sites (N-methyl/N-ethyl adjacent to an activating group) is 1. The van der Waals surface area contributed by atoms with Crippen LogP contribution in [-0.4, -0.2) is 29.4 Å². The number of rotatable bonds is 5. The van der Waals surface area contributed by atoms with Crippen molar-refractivity contribution in [2.24, 2.45) is 0 Å². The third-order valence-corrected chi connectivity index (χ3v) is 5.34. The van der Waals surface area contributed by atoms with Crippen LogP contribution in [0.5, 0.6) is 0 Å². The van der Waals surface area contributed by atoms with E-state index in [1.54, 1.807) is 11.3 Å². The summed E-state index contributed by atoms with van der Waals surface area (Å²) in [5, 5.41) is 3.52. The summed E-state index contributed by atoms with van der Waals surface area (Å²) < 4.78 is 1.11. The first-order chi connectivity index (χ1) is 9.44. The lowest BCUT2D eigenvalue weighted by atomic mass is 10.4. The zero-order chi connectivity index (χ0) is 14.7. The summed E-state index contributed by atoms with van der Waals surface area (Å²) in [6.07, 6.45) is 0. The molecule has 1 N–H and O–H groups in total. The van der Waals surface area contributed by atoms with Crippen molar-refractivity contribution in [3.63, 3.8) is 0 Å². The van der Waals surface area contributed by atoms with E-state index in [1.165, 1.54) is 16.2 Å². The molecule has 0 fully saturated rings. The van der Waals surface area contributed by atoms with E-state index >= 15 is 0 Å². The molecule has 1 amide bonds. The van der Waals surface area contributed by atoms with E-state index in [1.807, 2.05) is 31.9 Å². The third kappa shape index (κ3) is 4.37. The Kier molecular flexibility index (Phi) is 5.31. The normalized spacial score (nSPS) is 11.1. The molecule has 0 saturated heterocycles. The van der Waals surface area contributed by atoms with Gasteiger partial charge in [0.1, 0.15) is 0 Å². The van der Waals surface area contributed by atoms with E-state index in [9.17, 15) is 4.79 Å². The maximum Gasteiger partial charge on any atom is 0.240 e. The largest absolute Gasteiger partial charge is 0.301 e. The van der Waals surface area contributed by atoms with Crippen LogP contribution in [0.15, 0.2) is 15.9 Å². The monoisotopic (exact) mass is 373 g/mol. The van der Waals surface area contributed by atoms with Crippen molar-refractivity contribution in [3.05, 3.63) is 31.4 Å². The molecule has 0 radical (unpaired) electrons. The van der Waals surface area contributed by atoms with Crippen LogP contribution < -0.4 is 5.32 Å². The molecule has 0 bridgehead atoms. The Labute approximate surface area is 135 Å². The molecule has 2 heterocycles. The van der Waals surface area contributed by atoms with Crippen molar-refractivity contribution < 1.29 is 4.79 Å². The van der Waals surface area contributed by atoms with Crippen LogP contribution in [-0.2, 0) is 11.3 Å². The van der Waals surface area contributed by atoms with Gasteiger partial charge in [0.15, 0.2) is 5.13 Å². The van der Waals surface area contributed by atoms with E-state index in [4.69, 9.17) is 0 Å². The standard InChI is InChI=1S/C13H16BrN3OS2/c1-8-9(2)19-13(15-8)16-12(18)7-17(3)6-10-4-5-11(14)20-10/h4-5H,6-7H2,1-3H3,(H,15,16,18). The fourth-order valence-corrected chi connectivity index (χ4v) is 4.08. The Morgan fingerprint density at radius 2 is 2.15 bits per heavy atom. The highest BCUT2D eigenvalue weighted by Crippen LogP contribution is 2.23. The van der Waals surface area contributed by atoms with Gasteiger partial charge in [0.05, 0.1) is 16.0 Å². The number of amides is 1. The number of carbonyl (C=O) groups is 1. The van der Waals surface area contributed by atoms with Gasteiger partial charge in [-0.25, -0.2) is 4.98 Å². The first-order valence-corrected chi connectivity index (χ1v) is 8.53. The zero-order valence-electron chi connectivity index (χ0n) is 11.6. The number of thiazole rings is 1. The summed E-state index contributed by atoms with van der Waals surface area (Å²) in [4.78, 5) is 20.6. The minimum absolute atomic E-state index is 0.0307. The van der Waals surface area contributed by atoms with Gasteiger partial charge in [0.25, 0.3) is 0 Å². The zero-order valence-corrected chi connectivity index (χ0v) is 14.8. The maximum atomic E-state index is 11.9. The highest BCUT2D eigenvalue weighted by atomic mass is 79.9. The molecular weight excluding hydrogens is 358 g/mol. The van der Waals surface area contributed by atoms with Crippen molar-refractivity contribution in [1.82, 2.24) is 9.88 Å². The molecule has 0 spiro atoms. The molecule has 0 aliphatic carbocycles. The number of thiophene rings is 1. The van der Waals surface area contributed by atoms with Gasteiger partial charge >= 0.3 is 0 Å². The Balaban J connectivity index is 1.84. The van der Waals surface area contributed by atoms with Gasteiger partial charge in [-0.15, -0.1) is 22.7 Å². The topological polar surface area (TPSA) is 45.2 Å². The number of aromatic nitrogens is 1. The SMILES string of the molecule is Cc1nc(NC(=O)CN(C)Cc2ccc(Br)s2)sc1C. The summed E-state index contributed by atoms with van der Waals surface area (Å²) in [5.41, 5.74) is 0.974. The maximum absolute atomic E-state index is 11.9. The second kappa shape index (κ2) is 6.80. The van der Waals surface area contributed by atoms with E-state index in [0.29, 0.717) is 11.7 Å². The predicted octanol–water partition coefficient (Wildman–Crippen LogP) is 3.65. The number of hydrogen-bond acceptors (Lipinski definition) is 5. The summed E-state index contributed by atoms with van der Waals surface area (Å²) in [5.74, 6) is -0.0307. The molecular formula is C13H16BrN3OS2. The number of halogens is 1. The van der Waals surface area contributed by atoms with E-state index in [0.717, 1.165) is 20.9 Å². The highest BCUT2D eigenvalue weighted by Gasteiger charge is 2.11. The Hall–Kier alpha value is -0.760. The first kappa shape index (κ1) is 15.6. The molecule has 0 atom stereocenters. The molecule has 7 heteroatoms. The molecule has 0 aliphatic rings. The van der Waals surface area contributed by atoms with Crippen LogP contribution in [0.2, 0.25) is 0 Å². The second-order valence-electron chi connectivity index (χ2n) is 4.59. The molecule has 0 unspecified atom stereocenters. The molecule has 20 heavy (non-hydrogen) atoms. The lowest BCUT2D eigenvalue weighted by Crippen LogP contribution is -2.29. The van der Waals surface area contributed by atoms with E-state index < -0.39 is 0 Å². The minimum Gasteiger partial charge on any atom is -0.301 e. The van der Waals surface area contributed by atoms with Crippen LogP contribution in [0.25, 0.3) is 0 Å². The van der Waals surface area contributed by atoms with Crippen LogP contribution in [0.4, 0.5) is 5.13 Å². The number of anilines is 1. The average Bonchev–Trinajstić information content (AvgIpc) is 2.86. The summed E-state index contributed by atoms with van der Waals surface area (Å²) in [7, 11) is 1.94. The van der Waals surface area contributed by atoms with Crippen molar-refractivity contribution in [1.29, 1.82) is 0 Å². The van der Waals surface area contributed by atoms with Gasteiger partial charge in [-0.05, 0) is 49.0 Å². The van der Waals surface area contributed by atoms with Crippen molar-refractivity contribution in [2.75, 3.05) is 18.9 Å². The van der Waals surface area contributed by atoms with Gasteiger partial charge in [0.2, 0.25) is 5.91 Å². The molecule has 2 aromatic rings. The number of hydrogen-bond donors (Lipinski definition) is 1. The van der Waals surface area contributed by atoms with Gasteiger partial charge in [0, 0.05) is 16.3 Å². The minimum atomic E-state index is -0.0307. The molecule has 4 nitrogen and oxygen atoms in total. The molecule has 2 rings (SSSR count). The number of aryl methyl sites for hydroxylation is 2. The number of nitrogens with zero attached hydrogens (tertiary/aromatic N) is 2. The van der Waals surface area contributed by atoms with E-state index in [-0.39, 0.29) is 5.91 Å². The fourth-order valence-electron chi connectivity index (χ4n) is 1.69. The fraction of sp³-hybridized carbons (Fsp3) is 0.385. The molecule has 0 aliphatic heterocycles. The summed E-state index contributed by atoms with van der Waals surface area (Å²) in [6, 6.07) is 4.09. The quantitative estimate of drug-likeness (QED) is 0.869. The molecule has 2 aromatic heterocycles. The molecule has 0 aromatic carbocycles. The Bertz CT molecular complexity index is 589. The van der Waals surface area contributed by atoms with Crippen LogP contribution in [0.3, 0.4) is 0 Å². The van der Waals surface area contributed by atoms with Crippen molar-refractivity contribution in [3.8, 4) is 0 Å². The number of nitrogens with one attached hydrogen (secondary N) is 1. The average molecular weight is 374 g/mol. The Morgan fingerprint density at radius 1 is 1.40 bits per heavy atom. The summed E-state index contributed by atoms with van der Waals surface area (Å²) in [6.45, 7) is 5.07. The lowest BCUT2D eigenvalue weighted by molar-refractivity contribution is -0.117. The van der Waals surface area contributed by atoms with Crippen LogP contribution >= 0.6 is 38.6 Å². The van der Waals surface area contributed by atoms with Gasteiger partial charge in [-0.2, -0.15) is 0 Å². The van der Waals surface area contributed by atoms with Gasteiger partial charge in [-0.3, -0.25) is 9.69 Å². The van der Waals surface area contributed by atoms with Crippen LogP contribution in [0.1, 0.15) is 15.4 Å². The Morgan fingerprint density at radius 3 is 2.70 bits per heavy atom. The van der Waals surface area contributed by atoms with Crippen molar-refractivity contribution in [2.45, 2.75) is 20.4 Å². The van der Waals surface area contributed by atoms with Crippen LogP contribution in [0, 0.1) is 13.8 Å². The third-order valence-electron chi connectivity index (χ3n) is 2.74. The predicted molar refractivity (Wildman–Crippen MR) is 88.6 cm³/mol. The van der Waals surface area contributed by atoms with Gasteiger partial charge in [-0.1, -0.05) is 0 Å². The van der Waals surface area contributed by atoms with Crippen molar-refractivity contribution >= 4 is 49.6 Å². The first-order valence-electron chi connectivity index (χ1n) is 6.10. The second-order valence-corrected chi connectivity index (χ2v) is 8.34. The lowest BCUT2D eigenvalue weighted by Gasteiger charge is -2.14. The highest BCUT2D eigenvalue weighted by molar-refractivity contribution is 9.11. The molecule has 0 saturated carbocycles. The van der Waals surface area contributed by atoms with E-state index in [2.05, 4.69) is 32.3 Å². The number of carbonyl (C=O) groups excluding carboxylic acids is 1.